The third-order valence-electron chi connectivity index (χ3n) is 5.75. The Bertz CT molecular complexity index is 1330. The number of nitrogens with one attached hydrogen (secondary N) is 1. The maximum Gasteiger partial charge on any atom is 0.273 e. The number of methoxy groups -OCH3 is 1. The molecule has 5 rings (SSSR count). The van der Waals surface area contributed by atoms with Gasteiger partial charge in [0.05, 0.1) is 18.8 Å². The number of halogens is 3. The van der Waals surface area contributed by atoms with Gasteiger partial charge >= 0.3 is 0 Å². The normalized spacial score (nSPS) is 15.1. The molecule has 0 saturated carbocycles. The molecule has 1 aromatic heterocycles. The molecule has 0 radical (unpaired) electrons. The molecule has 33 heavy (non-hydrogen) atoms. The molecule has 0 aliphatic carbocycles. The first-order valence-electron chi connectivity index (χ1n) is 10.2. The lowest BCUT2D eigenvalue weighted by Gasteiger charge is -2.27. The second-order valence-corrected chi connectivity index (χ2v) is 9.00. The van der Waals surface area contributed by atoms with Crippen LogP contribution in [0.2, 0.25) is 15.1 Å². The van der Waals surface area contributed by atoms with E-state index in [-0.39, 0.29) is 5.91 Å². The zero-order valence-corrected chi connectivity index (χ0v) is 19.7. The number of carbonyl (C=O) groups is 1. The van der Waals surface area contributed by atoms with E-state index in [4.69, 9.17) is 39.5 Å². The van der Waals surface area contributed by atoms with Crippen LogP contribution in [0.15, 0.2) is 66.7 Å². The predicted molar refractivity (Wildman–Crippen MR) is 130 cm³/mol. The number of H-pyrrole nitrogens is 1. The Balaban J connectivity index is 1.63. The standard InChI is InChI=1S/C25H18Cl3N3O2/c1-33-18-9-2-14(3-10-18)13-31-24(19-11-8-17(27)12-20(19)28)21-22(29-30-23(21)25(31)32)15-4-6-16(26)7-5-15/h2-12,24H,13H2,1H3,(H,29,30). The van der Waals surface area contributed by atoms with Crippen molar-refractivity contribution in [3.05, 3.63) is 104 Å². The van der Waals surface area contributed by atoms with Crippen LogP contribution in [-0.4, -0.2) is 28.1 Å². The number of aromatic amines is 1. The Labute approximate surface area is 205 Å². The van der Waals surface area contributed by atoms with Crippen LogP contribution in [0.25, 0.3) is 11.3 Å². The molecule has 4 aromatic rings. The molecule has 0 saturated heterocycles. The highest BCUT2D eigenvalue weighted by molar-refractivity contribution is 6.35. The molecule has 166 valence electrons. The SMILES string of the molecule is COc1ccc(CN2C(=O)c3[nH]nc(-c4ccc(Cl)cc4)c3C2c2ccc(Cl)cc2Cl)cc1. The first kappa shape index (κ1) is 21.8. The molecule has 8 heteroatoms. The van der Waals surface area contributed by atoms with E-state index in [1.54, 1.807) is 36.3 Å². The molecule has 1 N–H and O–H groups in total. The molecule has 1 aliphatic rings. The number of carbonyl (C=O) groups excluding carboxylic acids is 1. The van der Waals surface area contributed by atoms with Gasteiger partial charge in [0, 0.05) is 32.7 Å². The number of amides is 1. The first-order chi connectivity index (χ1) is 16.0. The summed E-state index contributed by atoms with van der Waals surface area (Å²) in [6.07, 6.45) is 0. The molecule has 0 spiro atoms. The van der Waals surface area contributed by atoms with Crippen molar-refractivity contribution in [2.24, 2.45) is 0 Å². The van der Waals surface area contributed by atoms with Crippen molar-refractivity contribution in [3.8, 4) is 17.0 Å². The van der Waals surface area contributed by atoms with E-state index >= 15 is 0 Å². The number of nitrogens with zero attached hydrogens (tertiary/aromatic N) is 2. The molecule has 1 amide bonds. The second-order valence-electron chi connectivity index (χ2n) is 7.72. The van der Waals surface area contributed by atoms with Gasteiger partial charge in [-0.1, -0.05) is 65.1 Å². The first-order valence-corrected chi connectivity index (χ1v) is 11.3. The third kappa shape index (κ3) is 3.97. The molecule has 0 bridgehead atoms. The van der Waals surface area contributed by atoms with Crippen LogP contribution in [0.3, 0.4) is 0 Å². The van der Waals surface area contributed by atoms with E-state index in [0.29, 0.717) is 33.0 Å². The van der Waals surface area contributed by atoms with E-state index in [0.717, 1.165) is 28.0 Å². The van der Waals surface area contributed by atoms with E-state index < -0.39 is 6.04 Å². The minimum atomic E-state index is -0.441. The number of rotatable bonds is 5. The molecule has 3 aromatic carbocycles. The highest BCUT2D eigenvalue weighted by Crippen LogP contribution is 2.45. The van der Waals surface area contributed by atoms with Crippen molar-refractivity contribution in [2.45, 2.75) is 12.6 Å². The highest BCUT2D eigenvalue weighted by atomic mass is 35.5. The highest BCUT2D eigenvalue weighted by Gasteiger charge is 2.43. The predicted octanol–water partition coefficient (Wildman–Crippen LogP) is 6.79. The summed E-state index contributed by atoms with van der Waals surface area (Å²) in [6, 6.07) is 19.9. The summed E-state index contributed by atoms with van der Waals surface area (Å²) < 4.78 is 5.26. The van der Waals surface area contributed by atoms with Crippen molar-refractivity contribution in [1.29, 1.82) is 0 Å². The molecule has 0 fully saturated rings. The minimum absolute atomic E-state index is 0.149. The van der Waals surface area contributed by atoms with Crippen LogP contribution in [-0.2, 0) is 6.54 Å². The number of ether oxygens (including phenoxy) is 1. The summed E-state index contributed by atoms with van der Waals surface area (Å²) >= 11 is 18.9. The number of fused-ring (bicyclic) bond motifs is 1. The van der Waals surface area contributed by atoms with E-state index in [1.807, 2.05) is 42.5 Å². The summed E-state index contributed by atoms with van der Waals surface area (Å²) in [5.41, 5.74) is 4.50. The fraction of sp³-hybridized carbons (Fsp3) is 0.120. The topological polar surface area (TPSA) is 58.2 Å². The van der Waals surface area contributed by atoms with Crippen molar-refractivity contribution in [3.63, 3.8) is 0 Å². The van der Waals surface area contributed by atoms with Crippen molar-refractivity contribution in [2.75, 3.05) is 7.11 Å². The Morgan fingerprint density at radius 1 is 0.970 bits per heavy atom. The minimum Gasteiger partial charge on any atom is -0.497 e. The van der Waals surface area contributed by atoms with Crippen molar-refractivity contribution >= 4 is 40.7 Å². The summed E-state index contributed by atoms with van der Waals surface area (Å²) in [6.45, 7) is 0.384. The van der Waals surface area contributed by atoms with E-state index in [9.17, 15) is 4.79 Å². The molecular formula is C25H18Cl3N3O2. The van der Waals surface area contributed by atoms with Gasteiger partial charge in [0.1, 0.15) is 11.4 Å². The van der Waals surface area contributed by atoms with E-state index in [1.165, 1.54) is 0 Å². The van der Waals surface area contributed by atoms with Gasteiger partial charge in [-0.15, -0.1) is 0 Å². The molecule has 5 nitrogen and oxygen atoms in total. The fourth-order valence-corrected chi connectivity index (χ4v) is 4.80. The molecule has 1 atom stereocenters. The zero-order valence-electron chi connectivity index (χ0n) is 17.5. The zero-order chi connectivity index (χ0) is 23.1. The van der Waals surface area contributed by atoms with Gasteiger partial charge in [-0.05, 0) is 47.5 Å². The summed E-state index contributed by atoms with van der Waals surface area (Å²) in [7, 11) is 1.62. The number of benzene rings is 3. The molecule has 1 unspecified atom stereocenters. The number of aromatic nitrogens is 2. The maximum atomic E-state index is 13.5. The lowest BCUT2D eigenvalue weighted by Crippen LogP contribution is -2.29. The lowest BCUT2D eigenvalue weighted by atomic mass is 9.96. The van der Waals surface area contributed by atoms with Gasteiger partial charge in [-0.2, -0.15) is 5.10 Å². The van der Waals surface area contributed by atoms with Gasteiger partial charge in [0.2, 0.25) is 0 Å². The Morgan fingerprint density at radius 3 is 2.33 bits per heavy atom. The maximum absolute atomic E-state index is 13.5. The smallest absolute Gasteiger partial charge is 0.273 e. The summed E-state index contributed by atoms with van der Waals surface area (Å²) in [5.74, 6) is 0.604. The quantitative estimate of drug-likeness (QED) is 0.329. The van der Waals surface area contributed by atoms with Crippen LogP contribution in [0.5, 0.6) is 5.75 Å². The lowest BCUT2D eigenvalue weighted by molar-refractivity contribution is 0.0730. The summed E-state index contributed by atoms with van der Waals surface area (Å²) in [4.78, 5) is 15.3. The van der Waals surface area contributed by atoms with Crippen molar-refractivity contribution < 1.29 is 9.53 Å². The van der Waals surface area contributed by atoms with Crippen LogP contribution in [0, 0.1) is 0 Å². The van der Waals surface area contributed by atoms with Gasteiger partial charge in [-0.25, -0.2) is 0 Å². The van der Waals surface area contributed by atoms with Gasteiger partial charge < -0.3 is 9.64 Å². The monoisotopic (exact) mass is 497 g/mol. The Hall–Kier alpha value is -2.99. The van der Waals surface area contributed by atoms with Crippen LogP contribution in [0.1, 0.15) is 33.2 Å². The molecule has 1 aliphatic heterocycles. The summed E-state index contributed by atoms with van der Waals surface area (Å²) in [5, 5.41) is 9.06. The molecular weight excluding hydrogens is 481 g/mol. The van der Waals surface area contributed by atoms with Crippen molar-refractivity contribution in [1.82, 2.24) is 15.1 Å². The van der Waals surface area contributed by atoms with Crippen LogP contribution >= 0.6 is 34.8 Å². The van der Waals surface area contributed by atoms with E-state index in [2.05, 4.69) is 10.2 Å². The second kappa shape index (κ2) is 8.75. The fourth-order valence-electron chi connectivity index (χ4n) is 4.16. The van der Waals surface area contributed by atoms with Crippen LogP contribution < -0.4 is 4.74 Å². The molecule has 2 heterocycles. The Morgan fingerprint density at radius 2 is 1.67 bits per heavy atom. The number of hydrogen-bond donors (Lipinski definition) is 1. The van der Waals surface area contributed by atoms with Gasteiger partial charge in [0.25, 0.3) is 5.91 Å². The number of hydrogen-bond acceptors (Lipinski definition) is 3. The van der Waals surface area contributed by atoms with Gasteiger partial charge in [0.15, 0.2) is 0 Å². The van der Waals surface area contributed by atoms with Gasteiger partial charge in [-0.3, -0.25) is 9.89 Å². The average Bonchev–Trinajstić information content (AvgIpc) is 3.35. The Kier molecular flexibility index (Phi) is 5.79. The third-order valence-corrected chi connectivity index (χ3v) is 6.56. The average molecular weight is 499 g/mol. The largest absolute Gasteiger partial charge is 0.497 e. The van der Waals surface area contributed by atoms with Crippen LogP contribution in [0.4, 0.5) is 0 Å².